The Hall–Kier alpha value is -2.44. The van der Waals surface area contributed by atoms with Gasteiger partial charge < -0.3 is 14.2 Å². The molecule has 1 aliphatic heterocycles. The zero-order valence-corrected chi connectivity index (χ0v) is 13.4. The molecule has 1 fully saturated rings. The van der Waals surface area contributed by atoms with Crippen LogP contribution in [0.5, 0.6) is 6.01 Å². The Labute approximate surface area is 134 Å². The number of ether oxygens (including phenoxy) is 1. The lowest BCUT2D eigenvalue weighted by molar-refractivity contribution is 0.0627. The fraction of sp³-hybridized carbons (Fsp3) is 0.500. The maximum Gasteiger partial charge on any atom is 0.316 e. The van der Waals surface area contributed by atoms with Crippen LogP contribution in [0.3, 0.4) is 0 Å². The van der Waals surface area contributed by atoms with Gasteiger partial charge >= 0.3 is 6.01 Å². The van der Waals surface area contributed by atoms with Crippen molar-refractivity contribution in [2.24, 2.45) is 5.92 Å². The Bertz CT molecular complexity index is 668. The van der Waals surface area contributed by atoms with Crippen molar-refractivity contribution in [2.75, 3.05) is 19.7 Å². The number of amides is 1. The van der Waals surface area contributed by atoms with Crippen molar-refractivity contribution in [2.45, 2.75) is 26.7 Å². The highest BCUT2D eigenvalue weighted by molar-refractivity contribution is 5.94. The first-order valence-corrected chi connectivity index (χ1v) is 7.75. The Balaban J connectivity index is 1.57. The number of carbonyl (C=O) groups is 1. The van der Waals surface area contributed by atoms with Gasteiger partial charge in [-0.1, -0.05) is 5.16 Å². The predicted molar refractivity (Wildman–Crippen MR) is 82.1 cm³/mol. The smallest absolute Gasteiger partial charge is 0.316 e. The molecule has 3 rings (SSSR count). The molecule has 1 unspecified atom stereocenters. The van der Waals surface area contributed by atoms with Gasteiger partial charge in [0.15, 0.2) is 0 Å². The van der Waals surface area contributed by atoms with Gasteiger partial charge in [0.05, 0.1) is 12.8 Å². The second-order valence-corrected chi connectivity index (χ2v) is 5.91. The molecule has 3 heterocycles. The fourth-order valence-corrected chi connectivity index (χ4v) is 2.71. The summed E-state index contributed by atoms with van der Waals surface area (Å²) >= 11 is 0. The molecular weight excluding hydrogens is 296 g/mol. The van der Waals surface area contributed by atoms with Crippen LogP contribution in [0.4, 0.5) is 0 Å². The number of aromatic nitrogens is 3. The Kier molecular flexibility index (Phi) is 4.55. The number of likely N-dealkylation sites (tertiary alicyclic amines) is 1. The van der Waals surface area contributed by atoms with Crippen LogP contribution in [0.25, 0.3) is 0 Å². The van der Waals surface area contributed by atoms with E-state index in [-0.39, 0.29) is 11.8 Å². The van der Waals surface area contributed by atoms with E-state index < -0.39 is 0 Å². The summed E-state index contributed by atoms with van der Waals surface area (Å²) in [6.07, 6.45) is 6.93. The summed E-state index contributed by atoms with van der Waals surface area (Å²) in [5, 5.41) is 3.68. The highest BCUT2D eigenvalue weighted by atomic mass is 16.5. The van der Waals surface area contributed by atoms with Crippen molar-refractivity contribution in [3.8, 4) is 6.01 Å². The third kappa shape index (κ3) is 3.67. The minimum atomic E-state index is -0.0277. The summed E-state index contributed by atoms with van der Waals surface area (Å²) in [7, 11) is 0. The van der Waals surface area contributed by atoms with Crippen molar-refractivity contribution < 1.29 is 14.1 Å². The Morgan fingerprint density at radius 2 is 2.13 bits per heavy atom. The lowest BCUT2D eigenvalue weighted by Crippen LogP contribution is -2.41. The molecular formula is C16H20N4O3. The molecule has 0 spiro atoms. The van der Waals surface area contributed by atoms with Crippen LogP contribution in [0.1, 0.15) is 34.5 Å². The number of carbonyl (C=O) groups excluding carboxylic acids is 1. The SMILES string of the molecule is Cc1cnc(OCC2CCCN(C(=O)c3cnoc3C)C2)nc1. The summed E-state index contributed by atoms with van der Waals surface area (Å²) in [4.78, 5) is 22.6. The number of piperidine rings is 1. The second-order valence-electron chi connectivity index (χ2n) is 5.91. The highest BCUT2D eigenvalue weighted by Gasteiger charge is 2.27. The van der Waals surface area contributed by atoms with Gasteiger partial charge in [-0.2, -0.15) is 0 Å². The van der Waals surface area contributed by atoms with Crippen molar-refractivity contribution >= 4 is 5.91 Å². The zero-order chi connectivity index (χ0) is 16.2. The molecule has 0 bridgehead atoms. The quantitative estimate of drug-likeness (QED) is 0.858. The third-order valence-corrected chi connectivity index (χ3v) is 3.99. The van der Waals surface area contributed by atoms with Crippen LogP contribution in [-0.4, -0.2) is 45.6 Å². The molecule has 1 saturated heterocycles. The van der Waals surface area contributed by atoms with Crippen molar-refractivity contribution in [1.82, 2.24) is 20.0 Å². The number of hydrogen-bond acceptors (Lipinski definition) is 6. The van der Waals surface area contributed by atoms with E-state index >= 15 is 0 Å². The molecule has 2 aromatic rings. The van der Waals surface area contributed by atoms with Gasteiger partial charge in [0.25, 0.3) is 5.91 Å². The molecule has 1 atom stereocenters. The molecule has 0 N–H and O–H groups in total. The largest absolute Gasteiger partial charge is 0.463 e. The Morgan fingerprint density at radius 3 is 2.83 bits per heavy atom. The van der Waals surface area contributed by atoms with E-state index in [1.165, 1.54) is 6.20 Å². The van der Waals surface area contributed by atoms with Gasteiger partial charge in [0.1, 0.15) is 11.3 Å². The Morgan fingerprint density at radius 1 is 1.35 bits per heavy atom. The number of nitrogens with zero attached hydrogens (tertiary/aromatic N) is 4. The monoisotopic (exact) mass is 316 g/mol. The van der Waals surface area contributed by atoms with Crippen LogP contribution in [-0.2, 0) is 0 Å². The average Bonchev–Trinajstić information content (AvgIpc) is 3.00. The highest BCUT2D eigenvalue weighted by Crippen LogP contribution is 2.20. The van der Waals surface area contributed by atoms with Gasteiger partial charge in [-0.25, -0.2) is 9.97 Å². The first-order valence-electron chi connectivity index (χ1n) is 7.75. The molecule has 0 aromatic carbocycles. The van der Waals surface area contributed by atoms with Crippen molar-refractivity contribution in [1.29, 1.82) is 0 Å². The maximum atomic E-state index is 12.5. The van der Waals surface area contributed by atoms with E-state index in [1.807, 2.05) is 11.8 Å². The van der Waals surface area contributed by atoms with E-state index in [0.29, 0.717) is 30.5 Å². The van der Waals surface area contributed by atoms with Crippen LogP contribution in [0, 0.1) is 19.8 Å². The predicted octanol–water partition coefficient (Wildman–Crippen LogP) is 2.01. The van der Waals surface area contributed by atoms with E-state index in [1.54, 1.807) is 19.3 Å². The molecule has 7 heteroatoms. The minimum Gasteiger partial charge on any atom is -0.463 e. The molecule has 7 nitrogen and oxygen atoms in total. The number of aryl methyl sites for hydroxylation is 2. The lowest BCUT2D eigenvalue weighted by Gasteiger charge is -2.32. The van der Waals surface area contributed by atoms with Crippen molar-refractivity contribution in [3.63, 3.8) is 0 Å². The average molecular weight is 316 g/mol. The van der Waals surface area contributed by atoms with Crippen molar-refractivity contribution in [3.05, 3.63) is 35.5 Å². The van der Waals surface area contributed by atoms with E-state index in [9.17, 15) is 4.79 Å². The van der Waals surface area contributed by atoms with Gasteiger partial charge in [0, 0.05) is 31.4 Å². The van der Waals surface area contributed by atoms with E-state index in [2.05, 4.69) is 15.1 Å². The molecule has 23 heavy (non-hydrogen) atoms. The van der Waals surface area contributed by atoms with Gasteiger partial charge in [-0.05, 0) is 32.3 Å². The number of hydrogen-bond donors (Lipinski definition) is 0. The summed E-state index contributed by atoms with van der Waals surface area (Å²) in [5.41, 5.74) is 1.53. The molecule has 2 aromatic heterocycles. The molecule has 0 aliphatic carbocycles. The van der Waals surface area contributed by atoms with Crippen LogP contribution >= 0.6 is 0 Å². The standard InChI is InChI=1S/C16H20N4O3/c1-11-6-17-16(18-7-11)22-10-13-4-3-5-20(9-13)15(21)14-8-19-23-12(14)2/h6-8,13H,3-5,9-10H2,1-2H3. The lowest BCUT2D eigenvalue weighted by atomic mass is 9.98. The van der Waals surface area contributed by atoms with E-state index in [0.717, 1.165) is 24.9 Å². The van der Waals surface area contributed by atoms with Crippen LogP contribution in [0.2, 0.25) is 0 Å². The third-order valence-electron chi connectivity index (χ3n) is 3.99. The topological polar surface area (TPSA) is 81.4 Å². The van der Waals surface area contributed by atoms with Gasteiger partial charge in [0.2, 0.25) is 0 Å². The van der Waals surface area contributed by atoms with E-state index in [4.69, 9.17) is 9.26 Å². The molecule has 1 aliphatic rings. The van der Waals surface area contributed by atoms with Gasteiger partial charge in [-0.3, -0.25) is 4.79 Å². The van der Waals surface area contributed by atoms with Gasteiger partial charge in [-0.15, -0.1) is 0 Å². The number of rotatable bonds is 4. The van der Waals surface area contributed by atoms with Crippen LogP contribution in [0.15, 0.2) is 23.1 Å². The second kappa shape index (κ2) is 6.76. The summed E-state index contributed by atoms with van der Waals surface area (Å²) in [6.45, 7) is 5.60. The molecule has 0 saturated carbocycles. The molecule has 0 radical (unpaired) electrons. The summed E-state index contributed by atoms with van der Waals surface area (Å²) in [6, 6.07) is 0.383. The zero-order valence-electron chi connectivity index (χ0n) is 13.4. The minimum absolute atomic E-state index is 0.0277. The normalized spacial score (nSPS) is 18.0. The molecule has 122 valence electrons. The molecule has 1 amide bonds. The summed E-state index contributed by atoms with van der Waals surface area (Å²) < 4.78 is 10.6. The fourth-order valence-electron chi connectivity index (χ4n) is 2.71. The first kappa shape index (κ1) is 15.5. The van der Waals surface area contributed by atoms with Crippen LogP contribution < -0.4 is 4.74 Å². The summed E-state index contributed by atoms with van der Waals surface area (Å²) in [5.74, 6) is 0.805. The first-order chi connectivity index (χ1) is 11.1. The maximum absolute atomic E-state index is 12.5.